The van der Waals surface area contributed by atoms with Gasteiger partial charge >= 0.3 is 0 Å². The number of hydrogen-bond donors (Lipinski definition) is 2. The van der Waals surface area contributed by atoms with E-state index in [9.17, 15) is 4.79 Å². The molecule has 4 nitrogen and oxygen atoms in total. The van der Waals surface area contributed by atoms with Gasteiger partial charge in [0.15, 0.2) is 0 Å². The van der Waals surface area contributed by atoms with E-state index in [1.54, 1.807) is 6.07 Å². The highest BCUT2D eigenvalue weighted by Crippen LogP contribution is 2.16. The minimum Gasteiger partial charge on any atom is -0.397 e. The van der Waals surface area contributed by atoms with Crippen molar-refractivity contribution in [3.63, 3.8) is 0 Å². The summed E-state index contributed by atoms with van der Waals surface area (Å²) in [5, 5.41) is 2.85. The molecule has 1 aromatic rings. The first-order chi connectivity index (χ1) is 9.63. The van der Waals surface area contributed by atoms with Crippen LogP contribution in [0.4, 0.5) is 11.4 Å². The molecule has 0 aliphatic carbocycles. The molecule has 3 N–H and O–H groups in total. The molecule has 0 heterocycles. The number of hydrogen-bond acceptors (Lipinski definition) is 3. The summed E-state index contributed by atoms with van der Waals surface area (Å²) in [6.07, 6.45) is 5.17. The Labute approximate surface area is 122 Å². The summed E-state index contributed by atoms with van der Waals surface area (Å²) < 4.78 is 0. The molecule has 0 saturated heterocycles. The fourth-order valence-corrected chi connectivity index (χ4v) is 2.08. The summed E-state index contributed by atoms with van der Waals surface area (Å²) in [4.78, 5) is 14.1. The Bertz CT molecular complexity index is 406. The van der Waals surface area contributed by atoms with Gasteiger partial charge in [0.05, 0.1) is 11.4 Å². The predicted molar refractivity (Wildman–Crippen MR) is 85.7 cm³/mol. The Hall–Kier alpha value is -1.55. The number of unbranched alkanes of at least 4 members (excludes halogenated alkanes) is 2. The maximum atomic E-state index is 11.8. The van der Waals surface area contributed by atoms with Crippen LogP contribution in [0.2, 0.25) is 0 Å². The van der Waals surface area contributed by atoms with Crippen LogP contribution in [0.25, 0.3) is 0 Å². The first kappa shape index (κ1) is 16.5. The van der Waals surface area contributed by atoms with Crippen LogP contribution in [0.3, 0.4) is 0 Å². The molecule has 4 heteroatoms. The fourth-order valence-electron chi connectivity index (χ4n) is 2.08. The van der Waals surface area contributed by atoms with Crippen LogP contribution in [-0.4, -0.2) is 30.9 Å². The van der Waals surface area contributed by atoms with Crippen molar-refractivity contribution in [2.45, 2.75) is 39.0 Å². The Kier molecular flexibility index (Phi) is 7.73. The van der Waals surface area contributed by atoms with Gasteiger partial charge in [-0.2, -0.15) is 0 Å². The molecule has 1 amide bonds. The summed E-state index contributed by atoms with van der Waals surface area (Å²) in [7, 11) is 2.11. The molecule has 0 bridgehead atoms. The molecule has 1 rings (SSSR count). The first-order valence-electron chi connectivity index (χ1n) is 7.46. The molecule has 20 heavy (non-hydrogen) atoms. The second kappa shape index (κ2) is 9.37. The van der Waals surface area contributed by atoms with Crippen LogP contribution in [0, 0.1) is 0 Å². The van der Waals surface area contributed by atoms with Gasteiger partial charge in [-0.05, 0) is 45.1 Å². The highest BCUT2D eigenvalue weighted by molar-refractivity contribution is 5.93. The molecule has 0 atom stereocenters. The number of benzene rings is 1. The molecule has 0 aromatic heterocycles. The van der Waals surface area contributed by atoms with E-state index >= 15 is 0 Å². The van der Waals surface area contributed by atoms with E-state index in [-0.39, 0.29) is 5.91 Å². The summed E-state index contributed by atoms with van der Waals surface area (Å²) in [6.45, 7) is 4.28. The van der Waals surface area contributed by atoms with E-state index in [1.807, 2.05) is 18.2 Å². The molecule has 0 aliphatic heterocycles. The maximum absolute atomic E-state index is 11.8. The molecular weight excluding hydrogens is 250 g/mol. The van der Waals surface area contributed by atoms with E-state index in [1.165, 1.54) is 19.3 Å². The number of rotatable bonds is 9. The van der Waals surface area contributed by atoms with Crippen molar-refractivity contribution in [3.05, 3.63) is 24.3 Å². The third-order valence-corrected chi connectivity index (χ3v) is 3.32. The van der Waals surface area contributed by atoms with E-state index < -0.39 is 0 Å². The number of para-hydroxylation sites is 2. The number of anilines is 2. The number of nitrogens with zero attached hydrogens (tertiary/aromatic N) is 1. The molecule has 0 saturated carbocycles. The van der Waals surface area contributed by atoms with E-state index in [0.717, 1.165) is 19.5 Å². The van der Waals surface area contributed by atoms with Gasteiger partial charge < -0.3 is 16.0 Å². The SMILES string of the molecule is CCCCCN(C)CCCC(=O)Nc1ccccc1N. The van der Waals surface area contributed by atoms with Crippen molar-refractivity contribution in [3.8, 4) is 0 Å². The van der Waals surface area contributed by atoms with Crippen molar-refractivity contribution < 1.29 is 4.79 Å². The van der Waals surface area contributed by atoms with Crippen LogP contribution in [-0.2, 0) is 4.79 Å². The molecule has 112 valence electrons. The van der Waals surface area contributed by atoms with Crippen LogP contribution >= 0.6 is 0 Å². The summed E-state index contributed by atoms with van der Waals surface area (Å²) >= 11 is 0. The zero-order valence-corrected chi connectivity index (χ0v) is 12.7. The quantitative estimate of drug-likeness (QED) is 0.538. The lowest BCUT2D eigenvalue weighted by molar-refractivity contribution is -0.116. The lowest BCUT2D eigenvalue weighted by atomic mass is 10.2. The number of amides is 1. The molecule has 0 spiro atoms. The topological polar surface area (TPSA) is 58.4 Å². The number of nitrogens with two attached hydrogens (primary N) is 1. The number of nitrogen functional groups attached to an aromatic ring is 1. The molecule has 0 unspecified atom stereocenters. The van der Waals surface area contributed by atoms with Gasteiger partial charge in [-0.1, -0.05) is 31.9 Å². The predicted octanol–water partition coefficient (Wildman–Crippen LogP) is 3.11. The van der Waals surface area contributed by atoms with Crippen LogP contribution in [0.5, 0.6) is 0 Å². The van der Waals surface area contributed by atoms with E-state index in [0.29, 0.717) is 17.8 Å². The number of nitrogens with one attached hydrogen (secondary N) is 1. The third kappa shape index (κ3) is 6.57. The highest BCUT2D eigenvalue weighted by Gasteiger charge is 2.05. The third-order valence-electron chi connectivity index (χ3n) is 3.32. The lowest BCUT2D eigenvalue weighted by Gasteiger charge is -2.16. The van der Waals surface area contributed by atoms with Crippen molar-refractivity contribution in [2.24, 2.45) is 0 Å². The summed E-state index contributed by atoms with van der Waals surface area (Å²) in [5.74, 6) is 0.0323. The van der Waals surface area contributed by atoms with Crippen molar-refractivity contribution in [1.29, 1.82) is 0 Å². The van der Waals surface area contributed by atoms with Gasteiger partial charge in [0.25, 0.3) is 0 Å². The van der Waals surface area contributed by atoms with Crippen molar-refractivity contribution in [2.75, 3.05) is 31.2 Å². The molecule has 0 fully saturated rings. The normalized spacial score (nSPS) is 10.8. The monoisotopic (exact) mass is 277 g/mol. The molecule has 0 radical (unpaired) electrons. The van der Waals surface area contributed by atoms with Crippen LogP contribution < -0.4 is 11.1 Å². The molecular formula is C16H27N3O. The maximum Gasteiger partial charge on any atom is 0.224 e. The van der Waals surface area contributed by atoms with Gasteiger partial charge in [-0.3, -0.25) is 4.79 Å². The average Bonchev–Trinajstić information content (AvgIpc) is 2.42. The molecule has 0 aliphatic rings. The Balaban J connectivity index is 2.19. The lowest BCUT2D eigenvalue weighted by Crippen LogP contribution is -2.22. The summed E-state index contributed by atoms with van der Waals surface area (Å²) in [6, 6.07) is 7.34. The second-order valence-corrected chi connectivity index (χ2v) is 5.25. The largest absolute Gasteiger partial charge is 0.397 e. The Morgan fingerprint density at radius 1 is 1.20 bits per heavy atom. The van der Waals surface area contributed by atoms with Gasteiger partial charge in [0.2, 0.25) is 5.91 Å². The van der Waals surface area contributed by atoms with Crippen molar-refractivity contribution in [1.82, 2.24) is 4.90 Å². The van der Waals surface area contributed by atoms with Gasteiger partial charge in [0.1, 0.15) is 0 Å². The Morgan fingerprint density at radius 2 is 1.90 bits per heavy atom. The minimum absolute atomic E-state index is 0.0323. The number of carbonyl (C=O) groups excluding carboxylic acids is 1. The van der Waals surface area contributed by atoms with Crippen LogP contribution in [0.1, 0.15) is 39.0 Å². The van der Waals surface area contributed by atoms with Crippen molar-refractivity contribution >= 4 is 17.3 Å². The average molecular weight is 277 g/mol. The highest BCUT2D eigenvalue weighted by atomic mass is 16.1. The summed E-state index contributed by atoms with van der Waals surface area (Å²) in [5.41, 5.74) is 7.10. The zero-order valence-electron chi connectivity index (χ0n) is 12.7. The van der Waals surface area contributed by atoms with Gasteiger partial charge in [-0.25, -0.2) is 0 Å². The van der Waals surface area contributed by atoms with Gasteiger partial charge in [-0.15, -0.1) is 0 Å². The van der Waals surface area contributed by atoms with Gasteiger partial charge in [0, 0.05) is 6.42 Å². The van der Waals surface area contributed by atoms with E-state index in [4.69, 9.17) is 5.73 Å². The van der Waals surface area contributed by atoms with Crippen LogP contribution in [0.15, 0.2) is 24.3 Å². The first-order valence-corrected chi connectivity index (χ1v) is 7.46. The molecule has 1 aromatic carbocycles. The number of carbonyl (C=O) groups is 1. The zero-order chi connectivity index (χ0) is 14.8. The second-order valence-electron chi connectivity index (χ2n) is 5.25. The van der Waals surface area contributed by atoms with E-state index in [2.05, 4.69) is 24.2 Å². The fraction of sp³-hybridized carbons (Fsp3) is 0.562. The Morgan fingerprint density at radius 3 is 2.60 bits per heavy atom. The standard InChI is InChI=1S/C16H27N3O/c1-3-4-7-12-19(2)13-8-11-16(20)18-15-10-6-5-9-14(15)17/h5-6,9-10H,3-4,7-8,11-13,17H2,1-2H3,(H,18,20). The smallest absolute Gasteiger partial charge is 0.224 e. The minimum atomic E-state index is 0.0323.